The SMILES string of the molecule is CCCCCCCCCCCCOC[C@@]12O[C@@H](CNC(=O)Cc3ccc(F)cc3F)[C@@H](O)[C@@H]1OC(C)(C)O2. The number of carbonyl (C=O) groups excluding carboxylic acids is 1. The average molecular weight is 542 g/mol. The number of hydrogen-bond acceptors (Lipinski definition) is 6. The molecular weight excluding hydrogens is 496 g/mol. The smallest absolute Gasteiger partial charge is 0.224 e. The summed E-state index contributed by atoms with van der Waals surface area (Å²) in [7, 11) is 0. The lowest BCUT2D eigenvalue weighted by Gasteiger charge is -2.28. The Balaban J connectivity index is 1.39. The van der Waals surface area contributed by atoms with Gasteiger partial charge in [0.1, 0.15) is 36.6 Å². The molecule has 0 bridgehead atoms. The predicted molar refractivity (Wildman–Crippen MR) is 139 cm³/mol. The first kappa shape index (κ1) is 30.9. The van der Waals surface area contributed by atoms with Crippen molar-refractivity contribution in [3.63, 3.8) is 0 Å². The summed E-state index contributed by atoms with van der Waals surface area (Å²) in [5.41, 5.74) is 0.0823. The van der Waals surface area contributed by atoms with Gasteiger partial charge in [0.15, 0.2) is 5.79 Å². The maximum Gasteiger partial charge on any atom is 0.224 e. The van der Waals surface area contributed by atoms with Crippen LogP contribution < -0.4 is 5.32 Å². The first-order valence-corrected chi connectivity index (χ1v) is 14.2. The number of halogens is 2. The highest BCUT2D eigenvalue weighted by atomic mass is 19.1. The molecule has 216 valence electrons. The van der Waals surface area contributed by atoms with Gasteiger partial charge in [0.05, 0.1) is 6.42 Å². The molecule has 0 aromatic heterocycles. The molecule has 2 heterocycles. The Bertz CT molecular complexity index is 885. The molecule has 4 atom stereocenters. The number of ether oxygens (including phenoxy) is 4. The van der Waals surface area contributed by atoms with Crippen molar-refractivity contribution >= 4 is 5.91 Å². The van der Waals surface area contributed by atoms with Gasteiger partial charge in [-0.3, -0.25) is 4.79 Å². The van der Waals surface area contributed by atoms with Crippen LogP contribution >= 0.6 is 0 Å². The minimum atomic E-state index is -1.28. The molecule has 0 saturated carbocycles. The number of rotatable bonds is 17. The second-order valence-corrected chi connectivity index (χ2v) is 11.0. The van der Waals surface area contributed by atoms with E-state index in [1.165, 1.54) is 57.4 Å². The third-order valence-corrected chi connectivity index (χ3v) is 7.12. The molecule has 7 nitrogen and oxygen atoms in total. The van der Waals surface area contributed by atoms with Gasteiger partial charge in [-0.1, -0.05) is 70.8 Å². The lowest BCUT2D eigenvalue weighted by atomic mass is 10.1. The van der Waals surface area contributed by atoms with Crippen LogP contribution in [-0.4, -0.2) is 60.7 Å². The van der Waals surface area contributed by atoms with Crippen LogP contribution in [-0.2, 0) is 30.2 Å². The van der Waals surface area contributed by atoms with E-state index >= 15 is 0 Å². The third-order valence-electron chi connectivity index (χ3n) is 7.12. The van der Waals surface area contributed by atoms with Crippen LogP contribution in [0.2, 0.25) is 0 Å². The van der Waals surface area contributed by atoms with Gasteiger partial charge in [0, 0.05) is 19.2 Å². The Morgan fingerprint density at radius 3 is 2.34 bits per heavy atom. The van der Waals surface area contributed by atoms with Gasteiger partial charge in [-0.25, -0.2) is 8.78 Å². The van der Waals surface area contributed by atoms with Gasteiger partial charge in [-0.15, -0.1) is 0 Å². The number of aliphatic hydroxyl groups excluding tert-OH is 1. The molecule has 0 radical (unpaired) electrons. The molecule has 2 fully saturated rings. The van der Waals surface area contributed by atoms with Gasteiger partial charge in [-0.2, -0.15) is 0 Å². The van der Waals surface area contributed by atoms with E-state index in [4.69, 9.17) is 18.9 Å². The summed E-state index contributed by atoms with van der Waals surface area (Å²) in [6.07, 6.45) is 9.49. The Labute approximate surface area is 225 Å². The molecule has 0 spiro atoms. The molecule has 3 rings (SSSR count). The normalized spacial score (nSPS) is 26.0. The molecule has 38 heavy (non-hydrogen) atoms. The highest BCUT2D eigenvalue weighted by Gasteiger charge is 2.64. The van der Waals surface area contributed by atoms with E-state index in [1.807, 2.05) is 0 Å². The molecule has 1 aromatic rings. The summed E-state index contributed by atoms with van der Waals surface area (Å²) in [5.74, 6) is -4.20. The van der Waals surface area contributed by atoms with Crippen LogP contribution in [0.5, 0.6) is 0 Å². The topological polar surface area (TPSA) is 86.3 Å². The average Bonchev–Trinajstić information content (AvgIpc) is 3.27. The largest absolute Gasteiger partial charge is 0.387 e. The second-order valence-electron chi connectivity index (χ2n) is 11.0. The molecule has 0 unspecified atom stereocenters. The number of fused-ring (bicyclic) bond motifs is 1. The Kier molecular flexibility index (Phi) is 11.9. The van der Waals surface area contributed by atoms with Crippen molar-refractivity contribution in [2.24, 2.45) is 0 Å². The molecule has 1 amide bonds. The molecule has 0 aliphatic carbocycles. The fourth-order valence-corrected chi connectivity index (χ4v) is 5.16. The van der Waals surface area contributed by atoms with Crippen LogP contribution in [0, 0.1) is 11.6 Å². The van der Waals surface area contributed by atoms with E-state index in [2.05, 4.69) is 12.2 Å². The summed E-state index contributed by atoms with van der Waals surface area (Å²) in [6, 6.07) is 3.08. The molecule has 2 aliphatic heterocycles. The summed E-state index contributed by atoms with van der Waals surface area (Å²) in [5, 5.41) is 13.5. The number of benzene rings is 1. The number of carbonyl (C=O) groups is 1. The number of amides is 1. The molecular formula is C29H45F2NO6. The lowest BCUT2D eigenvalue weighted by Crippen LogP contribution is -2.45. The van der Waals surface area contributed by atoms with Gasteiger partial charge in [0.25, 0.3) is 0 Å². The zero-order valence-corrected chi connectivity index (χ0v) is 23.1. The van der Waals surface area contributed by atoms with E-state index in [1.54, 1.807) is 13.8 Å². The van der Waals surface area contributed by atoms with Crippen LogP contribution in [0.25, 0.3) is 0 Å². The molecule has 2 N–H and O–H groups in total. The third kappa shape index (κ3) is 8.95. The fraction of sp³-hybridized carbons (Fsp3) is 0.759. The second kappa shape index (κ2) is 14.7. The highest BCUT2D eigenvalue weighted by molar-refractivity contribution is 5.78. The van der Waals surface area contributed by atoms with Crippen LogP contribution in [0.3, 0.4) is 0 Å². The zero-order valence-electron chi connectivity index (χ0n) is 23.1. The number of hydrogen-bond donors (Lipinski definition) is 2. The minimum absolute atomic E-state index is 0.0212. The molecule has 2 saturated heterocycles. The van der Waals surface area contributed by atoms with Crippen LogP contribution in [0.4, 0.5) is 8.78 Å². The first-order valence-electron chi connectivity index (χ1n) is 14.2. The maximum absolute atomic E-state index is 13.9. The summed E-state index contributed by atoms with van der Waals surface area (Å²) < 4.78 is 51.0. The standard InChI is InChI=1S/C29H45F2NO6/c1-4-5-6-7-8-9-10-11-12-13-16-35-20-29-27(37-28(2,3)38-29)26(34)24(36-29)19-32-25(33)17-21-14-15-22(30)18-23(21)31/h14-15,18,24,26-27,34H,4-13,16-17,19-20H2,1-3H3,(H,32,33)/t24-,26+,27-,29-/m0/s1. The molecule has 2 aliphatic rings. The van der Waals surface area contributed by atoms with Crippen LogP contribution in [0.15, 0.2) is 18.2 Å². The summed E-state index contributed by atoms with van der Waals surface area (Å²) in [4.78, 5) is 12.3. The minimum Gasteiger partial charge on any atom is -0.387 e. The van der Waals surface area contributed by atoms with Crippen molar-refractivity contribution in [3.8, 4) is 0 Å². The Morgan fingerprint density at radius 2 is 1.68 bits per heavy atom. The van der Waals surface area contributed by atoms with E-state index in [0.29, 0.717) is 6.61 Å². The number of aliphatic hydroxyl groups is 1. The van der Waals surface area contributed by atoms with Crippen LogP contribution in [0.1, 0.15) is 90.5 Å². The van der Waals surface area contributed by atoms with Gasteiger partial charge in [0.2, 0.25) is 11.7 Å². The predicted octanol–water partition coefficient (Wildman–Crippen LogP) is 5.17. The Morgan fingerprint density at radius 1 is 1.03 bits per heavy atom. The van der Waals surface area contributed by atoms with Crippen molar-refractivity contribution in [1.29, 1.82) is 0 Å². The number of nitrogens with one attached hydrogen (secondary N) is 1. The molecule has 1 aromatic carbocycles. The molecule has 9 heteroatoms. The highest BCUT2D eigenvalue weighted by Crippen LogP contribution is 2.45. The van der Waals surface area contributed by atoms with Crippen molar-refractivity contribution in [3.05, 3.63) is 35.4 Å². The van der Waals surface area contributed by atoms with Crippen molar-refractivity contribution < 1.29 is 37.6 Å². The maximum atomic E-state index is 13.9. The van der Waals surface area contributed by atoms with E-state index < -0.39 is 47.4 Å². The van der Waals surface area contributed by atoms with Gasteiger partial charge >= 0.3 is 0 Å². The van der Waals surface area contributed by atoms with Crippen molar-refractivity contribution in [2.45, 2.75) is 121 Å². The van der Waals surface area contributed by atoms with E-state index in [9.17, 15) is 18.7 Å². The van der Waals surface area contributed by atoms with Crippen molar-refractivity contribution in [2.75, 3.05) is 19.8 Å². The van der Waals surface area contributed by atoms with Gasteiger partial charge in [-0.05, 0) is 31.9 Å². The lowest BCUT2D eigenvalue weighted by molar-refractivity contribution is -0.277. The quantitative estimate of drug-likeness (QED) is 0.265. The summed E-state index contributed by atoms with van der Waals surface area (Å²) >= 11 is 0. The van der Waals surface area contributed by atoms with E-state index in [0.717, 1.165) is 25.0 Å². The number of unbranched alkanes of at least 4 members (excludes halogenated alkanes) is 9. The fourth-order valence-electron chi connectivity index (χ4n) is 5.16. The van der Waals surface area contributed by atoms with Gasteiger partial charge < -0.3 is 29.4 Å². The van der Waals surface area contributed by atoms with E-state index in [-0.39, 0.29) is 25.1 Å². The summed E-state index contributed by atoms with van der Waals surface area (Å²) in [6.45, 7) is 6.36. The van der Waals surface area contributed by atoms with Crippen molar-refractivity contribution in [1.82, 2.24) is 5.32 Å². The Hall–Kier alpha value is -1.65. The monoisotopic (exact) mass is 541 g/mol. The first-order chi connectivity index (χ1) is 18.2. The zero-order chi connectivity index (χ0) is 27.6.